The van der Waals surface area contributed by atoms with Gasteiger partial charge in [0, 0.05) is 28.0 Å². The van der Waals surface area contributed by atoms with Gasteiger partial charge in [-0.3, -0.25) is 0 Å². The van der Waals surface area contributed by atoms with Crippen LogP contribution in [0.25, 0.3) is 55.6 Å². The predicted molar refractivity (Wildman–Crippen MR) is 154 cm³/mol. The number of rotatable bonds is 3. The molecule has 0 fully saturated rings. The molecule has 0 spiro atoms. The maximum Gasteiger partial charge on any atom is 0.173 e. The molecule has 7 aromatic rings. The average Bonchev–Trinajstić information content (AvgIpc) is 3.36. The van der Waals surface area contributed by atoms with E-state index in [-0.39, 0.29) is 0 Å². The molecule has 0 amide bonds. The quantitative estimate of drug-likeness (QED) is 0.241. The van der Waals surface area contributed by atoms with Crippen molar-refractivity contribution in [1.82, 2.24) is 4.98 Å². The maximum absolute atomic E-state index is 6.40. The molecule has 0 N–H and O–H groups in total. The van der Waals surface area contributed by atoms with E-state index in [2.05, 4.69) is 54.6 Å². The molecule has 1 aliphatic heterocycles. The van der Waals surface area contributed by atoms with Crippen molar-refractivity contribution < 1.29 is 13.9 Å². The molecule has 1 aliphatic rings. The Balaban J connectivity index is 1.23. The van der Waals surface area contributed by atoms with Gasteiger partial charge >= 0.3 is 0 Å². The second-order valence-electron chi connectivity index (χ2n) is 9.62. The van der Waals surface area contributed by atoms with Crippen LogP contribution in [-0.4, -0.2) is 4.98 Å². The van der Waals surface area contributed by atoms with Crippen molar-refractivity contribution >= 4 is 21.9 Å². The van der Waals surface area contributed by atoms with Gasteiger partial charge in [-0.15, -0.1) is 0 Å². The SMILES string of the molecule is c1ccc(-c2cc(-c3ccccc3)nc(-c3ccc4c(c3)Oc3cc5c(cc3O4)oc3ccccc35)c2)cc1. The van der Waals surface area contributed by atoms with Gasteiger partial charge in [0.2, 0.25) is 0 Å². The van der Waals surface area contributed by atoms with Gasteiger partial charge in [0.05, 0.1) is 11.4 Å². The average molecular weight is 504 g/mol. The minimum Gasteiger partial charge on any atom is -0.456 e. The Morgan fingerprint density at radius 1 is 0.385 bits per heavy atom. The van der Waals surface area contributed by atoms with Crippen molar-refractivity contribution in [3.8, 4) is 56.6 Å². The molecule has 5 aromatic carbocycles. The summed E-state index contributed by atoms with van der Waals surface area (Å²) in [5, 5.41) is 2.05. The number of pyridine rings is 1. The molecule has 0 radical (unpaired) electrons. The van der Waals surface area contributed by atoms with Crippen molar-refractivity contribution in [1.29, 1.82) is 0 Å². The highest BCUT2D eigenvalue weighted by Crippen LogP contribution is 2.49. The Bertz CT molecular complexity index is 1950. The lowest BCUT2D eigenvalue weighted by atomic mass is 10.00. The first kappa shape index (κ1) is 21.7. The first-order valence-corrected chi connectivity index (χ1v) is 12.9. The standard InChI is InChI=1S/C35H21NO3/c1-3-9-22(10-4-1)25-17-28(23-11-5-2-6-12-23)36-29(18-25)24-15-16-31-33(19-24)39-34-20-27-26-13-7-8-14-30(26)37-32(27)21-35(34)38-31/h1-21H. The molecule has 0 atom stereocenters. The van der Waals surface area contributed by atoms with E-state index in [1.807, 2.05) is 72.8 Å². The Morgan fingerprint density at radius 2 is 1.03 bits per heavy atom. The second-order valence-corrected chi connectivity index (χ2v) is 9.62. The van der Waals surface area contributed by atoms with E-state index in [0.29, 0.717) is 23.0 Å². The van der Waals surface area contributed by atoms with Gasteiger partial charge in [0.25, 0.3) is 0 Å². The van der Waals surface area contributed by atoms with Crippen molar-refractivity contribution in [3.05, 3.63) is 127 Å². The van der Waals surface area contributed by atoms with Crippen LogP contribution in [0.4, 0.5) is 0 Å². The topological polar surface area (TPSA) is 44.5 Å². The Labute approximate surface area is 224 Å². The van der Waals surface area contributed by atoms with Crippen LogP contribution in [0.1, 0.15) is 0 Å². The molecule has 4 heteroatoms. The van der Waals surface area contributed by atoms with Crippen LogP contribution < -0.4 is 9.47 Å². The number of ether oxygens (including phenoxy) is 2. The first-order valence-electron chi connectivity index (χ1n) is 12.9. The zero-order valence-corrected chi connectivity index (χ0v) is 20.8. The summed E-state index contributed by atoms with van der Waals surface area (Å²) in [5.74, 6) is 2.61. The number of fused-ring (bicyclic) bond motifs is 5. The molecule has 184 valence electrons. The zero-order chi connectivity index (χ0) is 25.8. The highest BCUT2D eigenvalue weighted by Gasteiger charge is 2.22. The molecule has 3 heterocycles. The number of nitrogens with zero attached hydrogens (tertiary/aromatic N) is 1. The van der Waals surface area contributed by atoms with E-state index >= 15 is 0 Å². The predicted octanol–water partition coefficient (Wildman–Crippen LogP) is 9.88. The third kappa shape index (κ3) is 3.73. The molecule has 8 rings (SSSR count). The van der Waals surface area contributed by atoms with Gasteiger partial charge < -0.3 is 13.9 Å². The highest BCUT2D eigenvalue weighted by molar-refractivity contribution is 6.06. The van der Waals surface area contributed by atoms with Crippen molar-refractivity contribution in [2.75, 3.05) is 0 Å². The summed E-state index contributed by atoms with van der Waals surface area (Å²) in [6.45, 7) is 0. The van der Waals surface area contributed by atoms with E-state index in [0.717, 1.165) is 55.6 Å². The number of hydrogen-bond acceptors (Lipinski definition) is 4. The van der Waals surface area contributed by atoms with Crippen LogP contribution in [0, 0.1) is 0 Å². The number of benzene rings is 5. The lowest BCUT2D eigenvalue weighted by Gasteiger charge is -2.21. The third-order valence-electron chi connectivity index (χ3n) is 7.12. The first-order chi connectivity index (χ1) is 19.3. The molecular formula is C35H21NO3. The van der Waals surface area contributed by atoms with Gasteiger partial charge in [-0.2, -0.15) is 0 Å². The monoisotopic (exact) mass is 503 g/mol. The van der Waals surface area contributed by atoms with Crippen LogP contribution >= 0.6 is 0 Å². The van der Waals surface area contributed by atoms with Gasteiger partial charge in [0.15, 0.2) is 23.0 Å². The summed E-state index contributed by atoms with van der Waals surface area (Å²) in [6, 6.07) is 42.8. The number of para-hydroxylation sites is 1. The molecule has 0 aliphatic carbocycles. The number of furan rings is 1. The minimum atomic E-state index is 0.636. The van der Waals surface area contributed by atoms with E-state index in [4.69, 9.17) is 18.9 Å². The van der Waals surface area contributed by atoms with Crippen LogP contribution in [0.3, 0.4) is 0 Å². The Hall–Kier alpha value is -5.35. The lowest BCUT2D eigenvalue weighted by Crippen LogP contribution is -1.99. The molecule has 2 aromatic heterocycles. The molecule has 0 bridgehead atoms. The van der Waals surface area contributed by atoms with E-state index in [1.165, 1.54) is 0 Å². The van der Waals surface area contributed by atoms with Crippen LogP contribution in [0.15, 0.2) is 132 Å². The third-order valence-corrected chi connectivity index (χ3v) is 7.12. The number of hydrogen-bond donors (Lipinski definition) is 0. The summed E-state index contributed by atoms with van der Waals surface area (Å²) in [7, 11) is 0. The fourth-order valence-corrected chi connectivity index (χ4v) is 5.19. The smallest absolute Gasteiger partial charge is 0.173 e. The van der Waals surface area contributed by atoms with Crippen LogP contribution in [-0.2, 0) is 0 Å². The molecule has 0 saturated heterocycles. The van der Waals surface area contributed by atoms with Crippen molar-refractivity contribution in [2.45, 2.75) is 0 Å². The molecular weight excluding hydrogens is 482 g/mol. The summed E-state index contributed by atoms with van der Waals surface area (Å²) < 4.78 is 18.7. The Kier molecular flexibility index (Phi) is 4.79. The maximum atomic E-state index is 6.40. The summed E-state index contributed by atoms with van der Waals surface area (Å²) >= 11 is 0. The summed E-state index contributed by atoms with van der Waals surface area (Å²) in [4.78, 5) is 5.05. The Morgan fingerprint density at radius 3 is 1.85 bits per heavy atom. The normalized spacial score (nSPS) is 12.0. The van der Waals surface area contributed by atoms with E-state index < -0.39 is 0 Å². The fourth-order valence-electron chi connectivity index (χ4n) is 5.19. The highest BCUT2D eigenvalue weighted by atomic mass is 16.6. The zero-order valence-electron chi connectivity index (χ0n) is 20.8. The summed E-state index contributed by atoms with van der Waals surface area (Å²) in [5.41, 5.74) is 7.66. The fraction of sp³-hybridized carbons (Fsp3) is 0. The van der Waals surface area contributed by atoms with Gasteiger partial charge in [-0.25, -0.2) is 4.98 Å². The molecule has 0 saturated carbocycles. The largest absolute Gasteiger partial charge is 0.456 e. The molecule has 0 unspecified atom stereocenters. The van der Waals surface area contributed by atoms with Gasteiger partial charge in [0.1, 0.15) is 11.2 Å². The van der Waals surface area contributed by atoms with Crippen LogP contribution in [0.5, 0.6) is 23.0 Å². The van der Waals surface area contributed by atoms with Crippen molar-refractivity contribution in [3.63, 3.8) is 0 Å². The number of aromatic nitrogens is 1. The molecule has 4 nitrogen and oxygen atoms in total. The minimum absolute atomic E-state index is 0.636. The van der Waals surface area contributed by atoms with E-state index in [1.54, 1.807) is 0 Å². The van der Waals surface area contributed by atoms with Crippen LogP contribution in [0.2, 0.25) is 0 Å². The second kappa shape index (κ2) is 8.61. The van der Waals surface area contributed by atoms with E-state index in [9.17, 15) is 0 Å². The van der Waals surface area contributed by atoms with Gasteiger partial charge in [-0.05, 0) is 53.6 Å². The van der Waals surface area contributed by atoms with Crippen molar-refractivity contribution in [2.24, 2.45) is 0 Å². The lowest BCUT2D eigenvalue weighted by molar-refractivity contribution is 0.360. The summed E-state index contributed by atoms with van der Waals surface area (Å²) in [6.07, 6.45) is 0. The van der Waals surface area contributed by atoms with Gasteiger partial charge in [-0.1, -0.05) is 78.9 Å². The molecule has 39 heavy (non-hydrogen) atoms.